The summed E-state index contributed by atoms with van der Waals surface area (Å²) in [5.74, 6) is -1.52. The maximum absolute atomic E-state index is 14.5. The van der Waals surface area contributed by atoms with Crippen LogP contribution in [0.25, 0.3) is 0 Å². The lowest BCUT2D eigenvalue weighted by Gasteiger charge is -2.29. The molecule has 2 unspecified atom stereocenters. The van der Waals surface area contributed by atoms with Crippen LogP contribution in [-0.4, -0.2) is 32.7 Å². The van der Waals surface area contributed by atoms with Crippen LogP contribution in [0, 0.1) is 11.6 Å². The van der Waals surface area contributed by atoms with Crippen LogP contribution >= 0.6 is 0 Å². The second-order valence-electron chi connectivity index (χ2n) is 9.28. The molecule has 0 radical (unpaired) electrons. The molecule has 1 aliphatic carbocycles. The predicted octanol–water partition coefficient (Wildman–Crippen LogP) is 6.83. The van der Waals surface area contributed by atoms with Gasteiger partial charge in [-0.05, 0) is 73.3 Å². The van der Waals surface area contributed by atoms with Crippen LogP contribution in [0.5, 0.6) is 11.5 Å². The van der Waals surface area contributed by atoms with E-state index in [0.29, 0.717) is 0 Å². The van der Waals surface area contributed by atoms with Crippen molar-refractivity contribution in [2.24, 2.45) is 0 Å². The van der Waals surface area contributed by atoms with Crippen molar-refractivity contribution in [1.82, 2.24) is 4.90 Å². The Balaban J connectivity index is 1.87. The maximum Gasteiger partial charge on any atom is 0.229 e. The molecular weight excluding hydrogens is 482 g/mol. The molecule has 0 saturated heterocycles. The molecule has 36 heavy (non-hydrogen) atoms. The zero-order valence-electron chi connectivity index (χ0n) is 20.8. The Hall–Kier alpha value is -2.97. The number of hydrogen-bond donors (Lipinski definition) is 1. The van der Waals surface area contributed by atoms with Crippen molar-refractivity contribution in [3.05, 3.63) is 89.0 Å². The largest absolute Gasteiger partial charge is 0.452 e. The number of benzene rings is 3. The molecular formula is C28H32F2N2O3S. The highest BCUT2D eigenvalue weighted by atomic mass is 32.2. The van der Waals surface area contributed by atoms with Crippen molar-refractivity contribution in [3.63, 3.8) is 0 Å². The van der Waals surface area contributed by atoms with Gasteiger partial charge in [-0.25, -0.2) is 17.2 Å². The summed E-state index contributed by atoms with van der Waals surface area (Å²) in [6.07, 6.45) is 3.90. The molecule has 0 saturated carbocycles. The van der Waals surface area contributed by atoms with Gasteiger partial charge in [-0.15, -0.1) is 0 Å². The number of nitrogens with zero attached hydrogens (tertiary/aromatic N) is 1. The Labute approximate surface area is 212 Å². The fourth-order valence-corrected chi connectivity index (χ4v) is 5.62. The molecule has 3 aromatic carbocycles. The lowest BCUT2D eigenvalue weighted by molar-refractivity contribution is 0.194. The number of rotatable bonds is 10. The number of halogens is 2. The average Bonchev–Trinajstić information content (AvgIpc) is 3.18. The van der Waals surface area contributed by atoms with Crippen LogP contribution in [0.4, 0.5) is 14.5 Å². The minimum absolute atomic E-state index is 0.0686. The van der Waals surface area contributed by atoms with E-state index in [1.807, 2.05) is 24.3 Å². The minimum atomic E-state index is -3.65. The van der Waals surface area contributed by atoms with Gasteiger partial charge < -0.3 is 4.74 Å². The van der Waals surface area contributed by atoms with E-state index in [9.17, 15) is 17.2 Å². The average molecular weight is 515 g/mol. The van der Waals surface area contributed by atoms with Gasteiger partial charge in [0.15, 0.2) is 17.3 Å². The highest BCUT2D eigenvalue weighted by molar-refractivity contribution is 7.92. The first kappa shape index (κ1) is 26.1. The van der Waals surface area contributed by atoms with E-state index in [-0.39, 0.29) is 29.1 Å². The first-order valence-corrected chi connectivity index (χ1v) is 14.2. The van der Waals surface area contributed by atoms with Crippen molar-refractivity contribution in [1.29, 1.82) is 0 Å². The van der Waals surface area contributed by atoms with Crippen LogP contribution in [0.1, 0.15) is 61.8 Å². The van der Waals surface area contributed by atoms with Gasteiger partial charge >= 0.3 is 0 Å². The number of ether oxygens (including phenoxy) is 1. The van der Waals surface area contributed by atoms with Gasteiger partial charge in [0.1, 0.15) is 5.82 Å². The smallest absolute Gasteiger partial charge is 0.229 e. The van der Waals surface area contributed by atoms with Gasteiger partial charge in [-0.1, -0.05) is 44.2 Å². The SMILES string of the molecule is CCCN(CCC)C1CC(c2ccccc2)c2cc(NS(C)(=O)=O)c(Oc3ccc(F)cc3F)cc21. The van der Waals surface area contributed by atoms with Crippen molar-refractivity contribution >= 4 is 15.7 Å². The standard InChI is InChI=1S/C28H32F2N2O3S/c1-4-13-32(14-5-2)26-17-21(19-9-7-6-8-10-19)22-16-25(31-36(3,33)34)28(18-23(22)26)35-27-12-11-20(29)15-24(27)30/h6-12,15-16,18,21,26,31H,4-5,13-14,17H2,1-3H3. The van der Waals surface area contributed by atoms with Crippen molar-refractivity contribution < 1.29 is 21.9 Å². The molecule has 3 aromatic rings. The Morgan fingerprint density at radius 3 is 2.25 bits per heavy atom. The summed E-state index contributed by atoms with van der Waals surface area (Å²) in [7, 11) is -3.65. The Morgan fingerprint density at radius 2 is 1.64 bits per heavy atom. The van der Waals surface area contributed by atoms with Crippen LogP contribution in [0.15, 0.2) is 60.7 Å². The quantitative estimate of drug-likeness (QED) is 0.322. The zero-order valence-corrected chi connectivity index (χ0v) is 21.6. The fourth-order valence-electron chi connectivity index (χ4n) is 5.06. The first-order valence-electron chi connectivity index (χ1n) is 12.3. The zero-order chi connectivity index (χ0) is 25.9. The molecule has 5 nitrogen and oxygen atoms in total. The molecule has 2 atom stereocenters. The van der Waals surface area contributed by atoms with Gasteiger partial charge in [-0.3, -0.25) is 9.62 Å². The van der Waals surface area contributed by atoms with E-state index >= 15 is 0 Å². The van der Waals surface area contributed by atoms with Gasteiger partial charge in [0, 0.05) is 18.0 Å². The van der Waals surface area contributed by atoms with Gasteiger partial charge in [0.05, 0.1) is 11.9 Å². The van der Waals surface area contributed by atoms with E-state index in [4.69, 9.17) is 4.74 Å². The third-order valence-electron chi connectivity index (χ3n) is 6.45. The summed E-state index contributed by atoms with van der Waals surface area (Å²) in [5, 5.41) is 0. The Bertz CT molecular complexity index is 1310. The van der Waals surface area contributed by atoms with Crippen molar-refractivity contribution in [2.75, 3.05) is 24.1 Å². The topological polar surface area (TPSA) is 58.6 Å². The van der Waals surface area contributed by atoms with Gasteiger partial charge in [-0.2, -0.15) is 0 Å². The highest BCUT2D eigenvalue weighted by Gasteiger charge is 2.36. The van der Waals surface area contributed by atoms with Gasteiger partial charge in [0.2, 0.25) is 10.0 Å². The molecule has 1 N–H and O–H groups in total. The van der Waals surface area contributed by atoms with E-state index in [1.54, 1.807) is 6.07 Å². The summed E-state index contributed by atoms with van der Waals surface area (Å²) in [6, 6.07) is 16.9. The lowest BCUT2D eigenvalue weighted by atomic mass is 9.92. The van der Waals surface area contributed by atoms with E-state index in [2.05, 4.69) is 35.6 Å². The number of fused-ring (bicyclic) bond motifs is 1. The highest BCUT2D eigenvalue weighted by Crippen LogP contribution is 2.50. The maximum atomic E-state index is 14.5. The van der Waals surface area contributed by atoms with Crippen molar-refractivity contribution in [3.8, 4) is 11.5 Å². The molecule has 1 aliphatic rings. The van der Waals surface area contributed by atoms with Gasteiger partial charge in [0.25, 0.3) is 0 Å². The molecule has 0 bridgehead atoms. The number of anilines is 1. The summed E-state index contributed by atoms with van der Waals surface area (Å²) in [6.45, 7) is 6.15. The monoisotopic (exact) mass is 514 g/mol. The molecule has 0 fully saturated rings. The molecule has 192 valence electrons. The summed E-state index contributed by atoms with van der Waals surface area (Å²) in [4.78, 5) is 2.45. The number of nitrogens with one attached hydrogen (secondary N) is 1. The molecule has 0 heterocycles. The second-order valence-corrected chi connectivity index (χ2v) is 11.0. The lowest BCUT2D eigenvalue weighted by Crippen LogP contribution is -2.29. The van der Waals surface area contributed by atoms with E-state index in [1.165, 1.54) is 6.07 Å². The van der Waals surface area contributed by atoms with Crippen LogP contribution < -0.4 is 9.46 Å². The summed E-state index contributed by atoms with van der Waals surface area (Å²) >= 11 is 0. The third kappa shape index (κ3) is 5.87. The fraction of sp³-hybridized carbons (Fsp3) is 0.357. The molecule has 0 aromatic heterocycles. The summed E-state index contributed by atoms with van der Waals surface area (Å²) in [5.41, 5.74) is 3.42. The Kier molecular flexibility index (Phi) is 7.95. The Morgan fingerprint density at radius 1 is 0.944 bits per heavy atom. The molecule has 0 spiro atoms. The predicted molar refractivity (Wildman–Crippen MR) is 139 cm³/mol. The van der Waals surface area contributed by atoms with Crippen LogP contribution in [0.2, 0.25) is 0 Å². The molecule has 4 rings (SSSR count). The molecule has 8 heteroatoms. The minimum Gasteiger partial charge on any atom is -0.452 e. The number of hydrogen-bond acceptors (Lipinski definition) is 4. The number of sulfonamides is 1. The summed E-state index contributed by atoms with van der Waals surface area (Å²) < 4.78 is 60.7. The van der Waals surface area contributed by atoms with E-state index < -0.39 is 21.7 Å². The first-order chi connectivity index (χ1) is 17.2. The third-order valence-corrected chi connectivity index (χ3v) is 7.04. The second kappa shape index (κ2) is 11.0. The van der Waals surface area contributed by atoms with Crippen molar-refractivity contribution in [2.45, 2.75) is 45.1 Å². The molecule has 0 aliphatic heterocycles. The normalized spacial score (nSPS) is 17.3. The van der Waals surface area contributed by atoms with Crippen LogP contribution in [-0.2, 0) is 10.0 Å². The van der Waals surface area contributed by atoms with E-state index in [0.717, 1.165) is 67.4 Å². The van der Waals surface area contributed by atoms with Crippen LogP contribution in [0.3, 0.4) is 0 Å². The molecule has 0 amide bonds.